The van der Waals surface area contributed by atoms with Crippen LogP contribution in [0.25, 0.3) is 10.8 Å². The Balaban J connectivity index is 1.34. The number of aromatic amines is 1. The van der Waals surface area contributed by atoms with Gasteiger partial charge in [-0.2, -0.15) is 0 Å². The van der Waals surface area contributed by atoms with Gasteiger partial charge in [0.1, 0.15) is 6.54 Å². The number of carbonyl (C=O) groups is 3. The number of aromatic nitrogens is 2. The van der Waals surface area contributed by atoms with Gasteiger partial charge in [-0.05, 0) is 43.2 Å². The summed E-state index contributed by atoms with van der Waals surface area (Å²) in [6.45, 7) is -1.15. The lowest BCUT2D eigenvalue weighted by Crippen LogP contribution is -2.33. The average molecular weight is 436 g/mol. The molecular weight excluding hydrogens is 416 g/mol. The van der Waals surface area contributed by atoms with E-state index in [2.05, 4.69) is 15.7 Å². The lowest BCUT2D eigenvalue weighted by atomic mass is 10.2. The molecule has 10 heteroatoms. The quantitative estimate of drug-likeness (QED) is 0.468. The molecule has 3 N–H and O–H groups in total. The average Bonchev–Trinajstić information content (AvgIpc) is 3.60. The normalized spacial score (nSPS) is 12.9. The molecule has 2 aromatic carbocycles. The van der Waals surface area contributed by atoms with Crippen LogP contribution in [0.4, 0.5) is 5.69 Å². The van der Waals surface area contributed by atoms with Crippen molar-refractivity contribution in [1.82, 2.24) is 15.1 Å². The zero-order valence-corrected chi connectivity index (χ0v) is 16.9. The summed E-state index contributed by atoms with van der Waals surface area (Å²) in [6, 6.07) is 12.8. The van der Waals surface area contributed by atoms with Crippen LogP contribution in [0.5, 0.6) is 0 Å². The van der Waals surface area contributed by atoms with Crippen molar-refractivity contribution in [1.29, 1.82) is 0 Å². The molecular formula is C22H20N4O6. The zero-order valence-electron chi connectivity index (χ0n) is 16.9. The Morgan fingerprint density at radius 1 is 1.03 bits per heavy atom. The Morgan fingerprint density at radius 3 is 2.53 bits per heavy atom. The van der Waals surface area contributed by atoms with Gasteiger partial charge in [0.05, 0.1) is 10.8 Å². The Hall–Kier alpha value is -4.21. The topological polar surface area (TPSA) is 139 Å². The zero-order chi connectivity index (χ0) is 22.7. The number of rotatable bonds is 7. The van der Waals surface area contributed by atoms with E-state index >= 15 is 0 Å². The van der Waals surface area contributed by atoms with E-state index < -0.39 is 36.1 Å². The minimum Gasteiger partial charge on any atom is -0.454 e. The summed E-state index contributed by atoms with van der Waals surface area (Å²) in [6.07, 6.45) is 1.93. The Morgan fingerprint density at radius 2 is 1.78 bits per heavy atom. The van der Waals surface area contributed by atoms with Crippen LogP contribution in [0.15, 0.2) is 58.1 Å². The van der Waals surface area contributed by atoms with Gasteiger partial charge in [0.2, 0.25) is 0 Å². The molecule has 0 radical (unpaired) electrons. The summed E-state index contributed by atoms with van der Waals surface area (Å²) in [7, 11) is 0. The molecule has 1 aliphatic rings. The first kappa shape index (κ1) is 21.0. The number of esters is 1. The van der Waals surface area contributed by atoms with Gasteiger partial charge in [0, 0.05) is 17.3 Å². The van der Waals surface area contributed by atoms with Crippen molar-refractivity contribution in [2.75, 3.05) is 11.9 Å². The van der Waals surface area contributed by atoms with Crippen LogP contribution in [0.1, 0.15) is 23.2 Å². The van der Waals surface area contributed by atoms with Crippen LogP contribution in [0.3, 0.4) is 0 Å². The molecule has 2 amide bonds. The molecule has 32 heavy (non-hydrogen) atoms. The number of H-pyrrole nitrogens is 1. The van der Waals surface area contributed by atoms with Crippen molar-refractivity contribution in [2.24, 2.45) is 0 Å². The first-order chi connectivity index (χ1) is 15.4. The van der Waals surface area contributed by atoms with Crippen molar-refractivity contribution in [2.45, 2.75) is 25.4 Å². The van der Waals surface area contributed by atoms with E-state index in [1.54, 1.807) is 30.3 Å². The SMILES string of the molecule is O=C(COC(=O)Cn1[nH]c(=O)c2ccccc2c1=O)Nc1cccc(C(=O)NC2CC2)c1. The fraction of sp³-hybridized carbons (Fsp3) is 0.227. The van der Waals surface area contributed by atoms with E-state index in [0.29, 0.717) is 11.3 Å². The Bertz CT molecular complexity index is 1320. The maximum atomic E-state index is 12.4. The summed E-state index contributed by atoms with van der Waals surface area (Å²) in [4.78, 5) is 60.8. The highest BCUT2D eigenvalue weighted by molar-refractivity contribution is 5.98. The number of nitrogens with one attached hydrogen (secondary N) is 3. The van der Waals surface area contributed by atoms with E-state index in [9.17, 15) is 24.0 Å². The molecule has 1 saturated carbocycles. The molecule has 3 aromatic rings. The minimum atomic E-state index is -0.870. The van der Waals surface area contributed by atoms with Gasteiger partial charge in [-0.15, -0.1) is 0 Å². The summed E-state index contributed by atoms with van der Waals surface area (Å²) < 4.78 is 5.75. The van der Waals surface area contributed by atoms with Crippen LogP contribution in [-0.4, -0.2) is 40.2 Å². The predicted octanol–water partition coefficient (Wildman–Crippen LogP) is 0.764. The first-order valence-corrected chi connectivity index (χ1v) is 9.99. The van der Waals surface area contributed by atoms with E-state index in [0.717, 1.165) is 17.5 Å². The number of amides is 2. The summed E-state index contributed by atoms with van der Waals surface area (Å²) in [5.41, 5.74) is -0.282. The molecule has 164 valence electrons. The molecule has 1 fully saturated rings. The van der Waals surface area contributed by atoms with Gasteiger partial charge in [-0.1, -0.05) is 18.2 Å². The highest BCUT2D eigenvalue weighted by Gasteiger charge is 2.23. The summed E-state index contributed by atoms with van der Waals surface area (Å²) >= 11 is 0. The third-order valence-corrected chi connectivity index (χ3v) is 4.86. The fourth-order valence-electron chi connectivity index (χ4n) is 3.11. The smallest absolute Gasteiger partial charge is 0.328 e. The van der Waals surface area contributed by atoms with Gasteiger partial charge in [0.15, 0.2) is 6.61 Å². The molecule has 0 aliphatic heterocycles. The minimum absolute atomic E-state index is 0.174. The van der Waals surface area contributed by atoms with Crippen LogP contribution in [-0.2, 0) is 20.9 Å². The number of anilines is 1. The molecule has 0 saturated heterocycles. The first-order valence-electron chi connectivity index (χ1n) is 9.99. The number of carbonyl (C=O) groups excluding carboxylic acids is 3. The molecule has 0 bridgehead atoms. The van der Waals surface area contributed by atoms with Gasteiger partial charge in [-0.3, -0.25) is 29.1 Å². The molecule has 1 heterocycles. The van der Waals surface area contributed by atoms with E-state index in [-0.39, 0.29) is 22.7 Å². The summed E-state index contributed by atoms with van der Waals surface area (Å²) in [5.74, 6) is -1.70. The molecule has 0 unspecified atom stereocenters. The van der Waals surface area contributed by atoms with E-state index in [1.165, 1.54) is 18.2 Å². The predicted molar refractivity (Wildman–Crippen MR) is 115 cm³/mol. The van der Waals surface area contributed by atoms with Crippen LogP contribution in [0.2, 0.25) is 0 Å². The Labute approximate surface area is 181 Å². The monoisotopic (exact) mass is 436 g/mol. The van der Waals surface area contributed by atoms with Crippen molar-refractivity contribution < 1.29 is 19.1 Å². The molecule has 0 spiro atoms. The number of hydrogen-bond acceptors (Lipinski definition) is 6. The van der Waals surface area contributed by atoms with Crippen LogP contribution >= 0.6 is 0 Å². The molecule has 1 aromatic heterocycles. The lowest BCUT2D eigenvalue weighted by molar-refractivity contribution is -0.148. The van der Waals surface area contributed by atoms with Crippen molar-refractivity contribution in [3.05, 3.63) is 74.8 Å². The number of benzene rings is 2. The summed E-state index contributed by atoms with van der Waals surface area (Å²) in [5, 5.41) is 8.12. The standard InChI is InChI=1S/C22H20N4O6/c27-18(23-15-5-3-4-13(10-15)20(29)24-14-8-9-14)12-32-19(28)11-26-22(31)17-7-2-1-6-16(17)21(30)25-26/h1-7,10,14H,8-9,11-12H2,(H,23,27)(H,24,29)(H,25,30). The maximum Gasteiger partial charge on any atom is 0.328 e. The maximum absolute atomic E-state index is 12.4. The van der Waals surface area contributed by atoms with Gasteiger partial charge < -0.3 is 15.4 Å². The lowest BCUT2D eigenvalue weighted by Gasteiger charge is -2.09. The van der Waals surface area contributed by atoms with E-state index in [4.69, 9.17) is 4.74 Å². The van der Waals surface area contributed by atoms with Crippen LogP contribution in [0, 0.1) is 0 Å². The fourth-order valence-corrected chi connectivity index (χ4v) is 3.11. The third-order valence-electron chi connectivity index (χ3n) is 4.86. The molecule has 10 nitrogen and oxygen atoms in total. The van der Waals surface area contributed by atoms with Crippen LogP contribution < -0.4 is 21.8 Å². The number of fused-ring (bicyclic) bond motifs is 1. The number of hydrogen-bond donors (Lipinski definition) is 3. The van der Waals surface area contributed by atoms with Gasteiger partial charge in [0.25, 0.3) is 22.9 Å². The van der Waals surface area contributed by atoms with E-state index in [1.807, 2.05) is 0 Å². The number of ether oxygens (including phenoxy) is 1. The van der Waals surface area contributed by atoms with Gasteiger partial charge >= 0.3 is 5.97 Å². The van der Waals surface area contributed by atoms with Crippen molar-refractivity contribution in [3.63, 3.8) is 0 Å². The molecule has 4 rings (SSSR count). The number of nitrogens with zero attached hydrogens (tertiary/aromatic N) is 1. The highest BCUT2D eigenvalue weighted by Crippen LogP contribution is 2.20. The van der Waals surface area contributed by atoms with Gasteiger partial charge in [-0.25, -0.2) is 4.68 Å². The second-order valence-corrected chi connectivity index (χ2v) is 7.42. The second kappa shape index (κ2) is 8.88. The largest absolute Gasteiger partial charge is 0.454 e. The van der Waals surface area contributed by atoms with Crippen molar-refractivity contribution in [3.8, 4) is 0 Å². The molecule has 0 atom stereocenters. The molecule has 1 aliphatic carbocycles. The Kier molecular flexibility index (Phi) is 5.84. The second-order valence-electron chi connectivity index (χ2n) is 7.42. The highest BCUT2D eigenvalue weighted by atomic mass is 16.5. The van der Waals surface area contributed by atoms with Crippen molar-refractivity contribution >= 4 is 34.2 Å². The third kappa shape index (κ3) is 4.91.